The Bertz CT molecular complexity index is 350. The van der Waals surface area contributed by atoms with E-state index in [-0.39, 0.29) is 0 Å². The van der Waals surface area contributed by atoms with Crippen LogP contribution in [0.1, 0.15) is 31.0 Å². The summed E-state index contributed by atoms with van der Waals surface area (Å²) in [5, 5.41) is 3.66. The summed E-state index contributed by atoms with van der Waals surface area (Å²) >= 11 is 0. The molecule has 0 amide bonds. The van der Waals surface area contributed by atoms with Crippen LogP contribution in [0.3, 0.4) is 0 Å². The Balaban J connectivity index is 2.10. The van der Waals surface area contributed by atoms with Crippen LogP contribution in [0.2, 0.25) is 0 Å². The van der Waals surface area contributed by atoms with Gasteiger partial charge in [-0.2, -0.15) is 0 Å². The monoisotopic (exact) mass is 219 g/mol. The zero-order chi connectivity index (χ0) is 11.5. The maximum Gasteiger partial charge on any atom is 0.0613 e. The van der Waals surface area contributed by atoms with Crippen LogP contribution < -0.4 is 5.32 Å². The lowest BCUT2D eigenvalue weighted by molar-refractivity contribution is 0.162. The predicted molar refractivity (Wildman–Crippen MR) is 66.5 cm³/mol. The molecular weight excluding hydrogens is 198 g/mol. The van der Waals surface area contributed by atoms with Crippen molar-refractivity contribution in [1.82, 2.24) is 5.32 Å². The summed E-state index contributed by atoms with van der Waals surface area (Å²) in [5.41, 5.74) is 2.97. The molecule has 1 aromatic carbocycles. The Morgan fingerprint density at radius 1 is 1.44 bits per heavy atom. The van der Waals surface area contributed by atoms with Gasteiger partial charge in [0, 0.05) is 19.2 Å². The molecule has 0 bridgehead atoms. The van der Waals surface area contributed by atoms with E-state index in [1.165, 1.54) is 17.5 Å². The first-order valence-corrected chi connectivity index (χ1v) is 6.05. The molecule has 0 fully saturated rings. The Kier molecular flexibility index (Phi) is 3.62. The smallest absolute Gasteiger partial charge is 0.0613 e. The lowest BCUT2D eigenvalue weighted by Gasteiger charge is -2.23. The van der Waals surface area contributed by atoms with E-state index in [0.29, 0.717) is 18.0 Å². The van der Waals surface area contributed by atoms with Crippen molar-refractivity contribution >= 4 is 0 Å². The minimum Gasteiger partial charge on any atom is -0.383 e. The molecule has 1 aromatic rings. The number of benzene rings is 1. The molecule has 0 aromatic heterocycles. The Morgan fingerprint density at radius 2 is 2.19 bits per heavy atom. The summed E-state index contributed by atoms with van der Waals surface area (Å²) < 4.78 is 5.17. The van der Waals surface area contributed by atoms with Crippen LogP contribution in [0, 0.1) is 5.92 Å². The molecule has 3 atom stereocenters. The van der Waals surface area contributed by atoms with Crippen molar-refractivity contribution in [3.8, 4) is 0 Å². The highest BCUT2D eigenvalue weighted by Gasteiger charge is 2.29. The van der Waals surface area contributed by atoms with E-state index in [4.69, 9.17) is 4.74 Å². The van der Waals surface area contributed by atoms with Crippen molar-refractivity contribution in [2.24, 2.45) is 5.92 Å². The van der Waals surface area contributed by atoms with Gasteiger partial charge in [0.15, 0.2) is 0 Å². The first-order valence-electron chi connectivity index (χ1n) is 6.05. The van der Waals surface area contributed by atoms with E-state index in [9.17, 15) is 0 Å². The van der Waals surface area contributed by atoms with E-state index in [1.807, 2.05) is 0 Å². The summed E-state index contributed by atoms with van der Waals surface area (Å²) in [5.74, 6) is 0.678. The number of rotatable bonds is 4. The highest BCUT2D eigenvalue weighted by atomic mass is 16.5. The third-order valence-electron chi connectivity index (χ3n) is 3.38. The Labute approximate surface area is 98.0 Å². The zero-order valence-corrected chi connectivity index (χ0v) is 10.4. The van der Waals surface area contributed by atoms with Gasteiger partial charge in [-0.1, -0.05) is 31.2 Å². The van der Waals surface area contributed by atoms with E-state index >= 15 is 0 Å². The fourth-order valence-electron chi connectivity index (χ4n) is 2.65. The molecule has 2 heteroatoms. The number of nitrogens with one attached hydrogen (secondary N) is 1. The van der Waals surface area contributed by atoms with E-state index < -0.39 is 0 Å². The lowest BCUT2D eigenvalue weighted by atomic mass is 10.0. The van der Waals surface area contributed by atoms with Crippen molar-refractivity contribution in [1.29, 1.82) is 0 Å². The third-order valence-corrected chi connectivity index (χ3v) is 3.38. The molecule has 2 nitrogen and oxygen atoms in total. The molecule has 0 radical (unpaired) electrons. The van der Waals surface area contributed by atoms with Gasteiger partial charge in [0.25, 0.3) is 0 Å². The standard InChI is InChI=1S/C14H21NO/c1-10-8-12-6-4-5-7-13(12)14(10)15-11(2)9-16-3/h4-7,10-11,14-15H,8-9H2,1-3H3. The molecule has 0 heterocycles. The molecule has 2 rings (SSSR count). The van der Waals surface area contributed by atoms with Gasteiger partial charge in [0.05, 0.1) is 6.61 Å². The van der Waals surface area contributed by atoms with Crippen molar-refractivity contribution in [3.05, 3.63) is 35.4 Å². The highest BCUT2D eigenvalue weighted by molar-refractivity contribution is 5.35. The second-order valence-electron chi connectivity index (χ2n) is 4.88. The molecular formula is C14H21NO. The molecule has 88 valence electrons. The largest absolute Gasteiger partial charge is 0.383 e. The van der Waals surface area contributed by atoms with E-state index in [1.54, 1.807) is 7.11 Å². The van der Waals surface area contributed by atoms with Crippen LogP contribution in [-0.2, 0) is 11.2 Å². The molecule has 0 saturated carbocycles. The van der Waals surface area contributed by atoms with Gasteiger partial charge < -0.3 is 10.1 Å². The number of ether oxygens (including phenoxy) is 1. The molecule has 0 spiro atoms. The van der Waals surface area contributed by atoms with Crippen LogP contribution in [-0.4, -0.2) is 19.8 Å². The van der Waals surface area contributed by atoms with Crippen LogP contribution >= 0.6 is 0 Å². The van der Waals surface area contributed by atoms with Gasteiger partial charge in [0.1, 0.15) is 0 Å². The second-order valence-corrected chi connectivity index (χ2v) is 4.88. The van der Waals surface area contributed by atoms with Crippen LogP contribution in [0.5, 0.6) is 0 Å². The predicted octanol–water partition coefficient (Wildman–Crippen LogP) is 2.54. The minimum atomic E-state index is 0.406. The van der Waals surface area contributed by atoms with Crippen LogP contribution in [0.4, 0.5) is 0 Å². The fraction of sp³-hybridized carbons (Fsp3) is 0.571. The molecule has 0 saturated heterocycles. The molecule has 3 unspecified atom stereocenters. The summed E-state index contributed by atoms with van der Waals surface area (Å²) in [7, 11) is 1.75. The molecule has 16 heavy (non-hydrogen) atoms. The normalized spacial score (nSPS) is 25.4. The van der Waals surface area contributed by atoms with Crippen molar-refractivity contribution in [2.75, 3.05) is 13.7 Å². The topological polar surface area (TPSA) is 21.3 Å². The van der Waals surface area contributed by atoms with Crippen molar-refractivity contribution in [2.45, 2.75) is 32.4 Å². The van der Waals surface area contributed by atoms with Gasteiger partial charge in [-0.3, -0.25) is 0 Å². The molecule has 1 aliphatic carbocycles. The van der Waals surface area contributed by atoms with Crippen molar-refractivity contribution < 1.29 is 4.74 Å². The van der Waals surface area contributed by atoms with E-state index in [0.717, 1.165) is 6.61 Å². The van der Waals surface area contributed by atoms with Gasteiger partial charge in [-0.25, -0.2) is 0 Å². The van der Waals surface area contributed by atoms with Crippen molar-refractivity contribution in [3.63, 3.8) is 0 Å². The first kappa shape index (κ1) is 11.6. The van der Waals surface area contributed by atoms with E-state index in [2.05, 4.69) is 43.4 Å². The Hall–Kier alpha value is -0.860. The van der Waals surface area contributed by atoms with Gasteiger partial charge >= 0.3 is 0 Å². The summed E-state index contributed by atoms with van der Waals surface area (Å²) in [6.07, 6.45) is 1.19. The summed E-state index contributed by atoms with van der Waals surface area (Å²) in [4.78, 5) is 0. The maximum absolute atomic E-state index is 5.17. The number of hydrogen-bond donors (Lipinski definition) is 1. The average Bonchev–Trinajstić information content (AvgIpc) is 2.56. The number of fused-ring (bicyclic) bond motifs is 1. The lowest BCUT2D eigenvalue weighted by Crippen LogP contribution is -2.35. The molecule has 1 N–H and O–H groups in total. The van der Waals surface area contributed by atoms with Gasteiger partial charge in [-0.15, -0.1) is 0 Å². The number of methoxy groups -OCH3 is 1. The van der Waals surface area contributed by atoms with Gasteiger partial charge in [0.2, 0.25) is 0 Å². The van der Waals surface area contributed by atoms with Crippen LogP contribution in [0.25, 0.3) is 0 Å². The van der Waals surface area contributed by atoms with Crippen LogP contribution in [0.15, 0.2) is 24.3 Å². The summed E-state index contributed by atoms with van der Waals surface area (Å²) in [6, 6.07) is 9.65. The fourth-order valence-corrected chi connectivity index (χ4v) is 2.65. The highest BCUT2D eigenvalue weighted by Crippen LogP contribution is 2.35. The average molecular weight is 219 g/mol. The third kappa shape index (κ3) is 2.28. The SMILES string of the molecule is COCC(C)NC1c2ccccc2CC1C. The minimum absolute atomic E-state index is 0.406. The second kappa shape index (κ2) is 4.98. The number of hydrogen-bond acceptors (Lipinski definition) is 2. The zero-order valence-electron chi connectivity index (χ0n) is 10.4. The Morgan fingerprint density at radius 3 is 2.94 bits per heavy atom. The molecule has 0 aliphatic heterocycles. The maximum atomic E-state index is 5.17. The molecule has 1 aliphatic rings. The van der Waals surface area contributed by atoms with Gasteiger partial charge in [-0.05, 0) is 30.4 Å². The quantitative estimate of drug-likeness (QED) is 0.840. The summed E-state index contributed by atoms with van der Waals surface area (Å²) in [6.45, 7) is 5.26. The first-order chi connectivity index (χ1) is 7.72.